The molecule has 8 nitrogen and oxygen atoms in total. The van der Waals surface area contributed by atoms with Gasteiger partial charge >= 0.3 is 11.3 Å². The lowest BCUT2D eigenvalue weighted by molar-refractivity contribution is 0.0913. The Bertz CT molecular complexity index is 1360. The molecule has 0 radical (unpaired) electrons. The fraction of sp³-hybridized carbons (Fsp3) is 0.167. The van der Waals surface area contributed by atoms with Gasteiger partial charge < -0.3 is 18.3 Å². The van der Waals surface area contributed by atoms with Gasteiger partial charge in [-0.25, -0.2) is 9.59 Å². The van der Waals surface area contributed by atoms with E-state index in [1.807, 2.05) is 0 Å². The lowest BCUT2D eigenvalue weighted by Crippen LogP contribution is -2.17. The predicted molar refractivity (Wildman–Crippen MR) is 116 cm³/mol. The summed E-state index contributed by atoms with van der Waals surface area (Å²) in [5, 5.41) is 1.03. The molecule has 0 amide bonds. The summed E-state index contributed by atoms with van der Waals surface area (Å²) in [5.41, 5.74) is -1.31. The molecule has 0 bridgehead atoms. The Kier molecular flexibility index (Phi) is 5.59. The summed E-state index contributed by atoms with van der Waals surface area (Å²) < 4.78 is 20.7. The van der Waals surface area contributed by atoms with Gasteiger partial charge in [0, 0.05) is 23.6 Å². The molecule has 0 N–H and O–H groups in total. The van der Waals surface area contributed by atoms with Gasteiger partial charge in [0.1, 0.15) is 33.8 Å². The lowest BCUT2D eigenvalue weighted by Gasteiger charge is -2.05. The second-order valence-electron chi connectivity index (χ2n) is 7.05. The molecule has 0 aliphatic rings. The van der Waals surface area contributed by atoms with E-state index in [-0.39, 0.29) is 24.0 Å². The van der Waals surface area contributed by atoms with Crippen molar-refractivity contribution in [2.45, 2.75) is 12.8 Å². The van der Waals surface area contributed by atoms with Crippen molar-refractivity contribution in [1.29, 1.82) is 0 Å². The number of hydrogen-bond acceptors (Lipinski definition) is 8. The van der Waals surface area contributed by atoms with Gasteiger partial charge in [-0.3, -0.25) is 9.59 Å². The maximum atomic E-state index is 12.6. The highest BCUT2D eigenvalue weighted by Gasteiger charge is 2.19. The zero-order valence-electron chi connectivity index (χ0n) is 17.3. The molecule has 0 unspecified atom stereocenters. The van der Waals surface area contributed by atoms with Crippen LogP contribution in [0.25, 0.3) is 21.9 Å². The summed E-state index contributed by atoms with van der Waals surface area (Å²) in [4.78, 5) is 49.7. The summed E-state index contributed by atoms with van der Waals surface area (Å²) in [6, 6.07) is 12.5. The highest BCUT2D eigenvalue weighted by molar-refractivity contribution is 6.03. The van der Waals surface area contributed by atoms with Crippen LogP contribution in [0.1, 0.15) is 33.6 Å². The molecular formula is C24H18O8. The first-order valence-electron chi connectivity index (χ1n) is 9.70. The smallest absolute Gasteiger partial charge is 0.347 e. The Morgan fingerprint density at radius 1 is 0.688 bits per heavy atom. The summed E-state index contributed by atoms with van der Waals surface area (Å²) in [5.74, 6) is -0.0495. The maximum Gasteiger partial charge on any atom is 0.347 e. The van der Waals surface area contributed by atoms with Gasteiger partial charge in [0.25, 0.3) is 0 Å². The van der Waals surface area contributed by atoms with Gasteiger partial charge in [0.05, 0.1) is 14.2 Å². The molecule has 162 valence electrons. The minimum absolute atomic E-state index is 0.172. The fourth-order valence-corrected chi connectivity index (χ4v) is 3.34. The average Bonchev–Trinajstić information content (AvgIpc) is 2.80. The van der Waals surface area contributed by atoms with Gasteiger partial charge in [0.2, 0.25) is 0 Å². The van der Waals surface area contributed by atoms with Crippen molar-refractivity contribution in [1.82, 2.24) is 0 Å². The maximum absolute atomic E-state index is 12.6. The van der Waals surface area contributed by atoms with Crippen LogP contribution in [-0.4, -0.2) is 25.8 Å². The van der Waals surface area contributed by atoms with Crippen molar-refractivity contribution in [3.8, 4) is 11.5 Å². The van der Waals surface area contributed by atoms with E-state index in [4.69, 9.17) is 18.3 Å². The molecular weight excluding hydrogens is 416 g/mol. The molecule has 0 saturated heterocycles. The van der Waals surface area contributed by atoms with Crippen LogP contribution in [-0.2, 0) is 0 Å². The van der Waals surface area contributed by atoms with Crippen LogP contribution in [0, 0.1) is 0 Å². The zero-order chi connectivity index (χ0) is 22.8. The molecule has 0 aliphatic heterocycles. The largest absolute Gasteiger partial charge is 0.497 e. The Morgan fingerprint density at radius 3 is 1.47 bits per heavy atom. The normalized spacial score (nSPS) is 10.9. The molecule has 4 rings (SSSR count). The summed E-state index contributed by atoms with van der Waals surface area (Å²) in [6.45, 7) is 0. The third-order valence-electron chi connectivity index (χ3n) is 5.06. The van der Waals surface area contributed by atoms with Crippen LogP contribution >= 0.6 is 0 Å². The number of rotatable bonds is 7. The molecule has 0 atom stereocenters. The van der Waals surface area contributed by atoms with Gasteiger partial charge in [0.15, 0.2) is 11.6 Å². The van der Waals surface area contributed by atoms with Gasteiger partial charge in [-0.05, 0) is 48.5 Å². The van der Waals surface area contributed by atoms with E-state index in [1.54, 1.807) is 36.4 Å². The third kappa shape index (κ3) is 4.02. The standard InChI is InChI=1S/C24H18O8/c1-29-15-3-7-21-13(9-15)11-17(23(27)31-21)19(25)5-6-20(26)18-12-14-10-16(30-2)4-8-22(14)32-24(18)28/h3-4,7-12H,5-6H2,1-2H3. The van der Waals surface area contributed by atoms with E-state index in [1.165, 1.54) is 26.4 Å². The third-order valence-corrected chi connectivity index (χ3v) is 5.06. The number of ketones is 2. The minimum atomic E-state index is -0.794. The lowest BCUT2D eigenvalue weighted by atomic mass is 10.0. The number of methoxy groups -OCH3 is 2. The Labute approximate surface area is 181 Å². The molecule has 8 heteroatoms. The van der Waals surface area contributed by atoms with Crippen molar-refractivity contribution >= 4 is 33.5 Å². The number of Topliss-reactive ketones (excluding diaryl/α,β-unsaturated/α-hetero) is 2. The van der Waals surface area contributed by atoms with Crippen molar-refractivity contribution in [2.75, 3.05) is 14.2 Å². The van der Waals surface area contributed by atoms with Crippen LogP contribution in [0.15, 0.2) is 67.0 Å². The molecule has 0 spiro atoms. The molecule has 2 heterocycles. The van der Waals surface area contributed by atoms with E-state index < -0.39 is 22.8 Å². The number of fused-ring (bicyclic) bond motifs is 2. The number of carbonyl (C=O) groups is 2. The van der Waals surface area contributed by atoms with E-state index in [9.17, 15) is 19.2 Å². The Hall–Kier alpha value is -4.20. The summed E-state index contributed by atoms with van der Waals surface area (Å²) >= 11 is 0. The first-order valence-corrected chi connectivity index (χ1v) is 9.70. The SMILES string of the molecule is COc1ccc2oc(=O)c(C(=O)CCC(=O)c3cc4cc(OC)ccc4oc3=O)cc2c1. The second kappa shape index (κ2) is 8.50. The van der Waals surface area contributed by atoms with Crippen LogP contribution in [0.5, 0.6) is 11.5 Å². The Balaban J connectivity index is 1.57. The van der Waals surface area contributed by atoms with Crippen molar-refractivity contribution in [2.24, 2.45) is 0 Å². The van der Waals surface area contributed by atoms with Crippen LogP contribution in [0.4, 0.5) is 0 Å². The highest BCUT2D eigenvalue weighted by atomic mass is 16.5. The number of hydrogen-bond donors (Lipinski definition) is 0. The Morgan fingerprint density at radius 2 is 1.09 bits per heavy atom. The summed E-state index contributed by atoms with van der Waals surface area (Å²) in [6.07, 6.45) is -0.538. The van der Waals surface area contributed by atoms with Gasteiger partial charge in [-0.1, -0.05) is 0 Å². The van der Waals surface area contributed by atoms with Crippen LogP contribution in [0.3, 0.4) is 0 Å². The predicted octanol–water partition coefficient (Wildman–Crippen LogP) is 3.76. The topological polar surface area (TPSA) is 113 Å². The van der Waals surface area contributed by atoms with E-state index >= 15 is 0 Å². The number of ether oxygens (including phenoxy) is 2. The van der Waals surface area contributed by atoms with Crippen LogP contribution in [0.2, 0.25) is 0 Å². The van der Waals surface area contributed by atoms with Gasteiger partial charge in [-0.2, -0.15) is 0 Å². The summed E-state index contributed by atoms with van der Waals surface area (Å²) in [7, 11) is 2.99. The quantitative estimate of drug-likeness (QED) is 0.319. The minimum Gasteiger partial charge on any atom is -0.497 e. The fourth-order valence-electron chi connectivity index (χ4n) is 3.34. The molecule has 0 aliphatic carbocycles. The molecule has 0 saturated carbocycles. The van der Waals surface area contributed by atoms with Gasteiger partial charge in [-0.15, -0.1) is 0 Å². The van der Waals surface area contributed by atoms with E-state index in [0.717, 1.165) is 0 Å². The molecule has 4 aromatic rings. The van der Waals surface area contributed by atoms with E-state index in [2.05, 4.69) is 0 Å². The molecule has 2 aromatic heterocycles. The highest BCUT2D eigenvalue weighted by Crippen LogP contribution is 2.22. The number of carbonyl (C=O) groups excluding carboxylic acids is 2. The van der Waals surface area contributed by atoms with Crippen LogP contribution < -0.4 is 20.7 Å². The molecule has 32 heavy (non-hydrogen) atoms. The second-order valence-corrected chi connectivity index (χ2v) is 7.05. The average molecular weight is 434 g/mol. The van der Waals surface area contributed by atoms with Crippen molar-refractivity contribution < 1.29 is 27.9 Å². The first kappa shape index (κ1) is 21.0. The van der Waals surface area contributed by atoms with Crippen molar-refractivity contribution in [3.05, 3.63) is 80.5 Å². The number of benzene rings is 2. The zero-order valence-corrected chi connectivity index (χ0v) is 17.3. The monoisotopic (exact) mass is 434 g/mol. The molecule has 0 fully saturated rings. The first-order chi connectivity index (χ1) is 15.4. The van der Waals surface area contributed by atoms with Crippen molar-refractivity contribution in [3.63, 3.8) is 0 Å². The van der Waals surface area contributed by atoms with E-state index in [0.29, 0.717) is 33.4 Å². The molecule has 2 aromatic carbocycles.